The van der Waals surface area contributed by atoms with Gasteiger partial charge in [-0.05, 0) is 25.0 Å². The van der Waals surface area contributed by atoms with Gasteiger partial charge in [0.2, 0.25) is 11.8 Å². The number of amides is 2. The minimum absolute atomic E-state index is 0.217. The maximum Gasteiger partial charge on any atom is 0.233 e. The molecular weight excluding hydrogens is 244 g/mol. The number of rotatable bonds is 2. The average Bonchev–Trinajstić information content (AvgIpc) is 2.59. The van der Waals surface area contributed by atoms with Crippen molar-refractivity contribution in [3.63, 3.8) is 0 Å². The van der Waals surface area contributed by atoms with Crippen molar-refractivity contribution in [2.75, 3.05) is 12.0 Å². The van der Waals surface area contributed by atoms with Crippen LogP contribution in [0.5, 0.6) is 5.75 Å². The van der Waals surface area contributed by atoms with Crippen LogP contribution in [-0.2, 0) is 9.59 Å². The van der Waals surface area contributed by atoms with Gasteiger partial charge in [-0.15, -0.1) is 0 Å². The fraction of sp³-hybridized carbons (Fsp3) is 0.357. The first-order valence-electron chi connectivity index (χ1n) is 6.11. The third-order valence-corrected chi connectivity index (χ3v) is 3.08. The molecule has 1 aliphatic rings. The summed E-state index contributed by atoms with van der Waals surface area (Å²) in [5.41, 5.74) is 0.841. The summed E-state index contributed by atoms with van der Waals surface area (Å²) < 4.78 is 5.18. The number of methoxy groups -OCH3 is 1. The lowest BCUT2D eigenvalue weighted by Gasteiger charge is -2.21. The minimum Gasteiger partial charge on any atom is -0.495 e. The smallest absolute Gasteiger partial charge is 0.233 e. The number of carbonyl (C=O) groups is 2. The highest BCUT2D eigenvalue weighted by molar-refractivity contribution is 6.16. The zero-order chi connectivity index (χ0) is 13.8. The molecule has 0 spiro atoms. The molecule has 2 rings (SSSR count). The Kier molecular flexibility index (Phi) is 3.81. The highest BCUT2D eigenvalue weighted by Gasteiger charge is 2.27. The van der Waals surface area contributed by atoms with Crippen molar-refractivity contribution in [2.24, 2.45) is 0 Å². The molecular formula is C14H14N2O3. The van der Waals surface area contributed by atoms with E-state index in [1.54, 1.807) is 12.1 Å². The summed E-state index contributed by atoms with van der Waals surface area (Å²) in [6, 6.07) is 6.68. The zero-order valence-corrected chi connectivity index (χ0v) is 10.7. The van der Waals surface area contributed by atoms with E-state index in [-0.39, 0.29) is 11.8 Å². The first-order valence-corrected chi connectivity index (χ1v) is 6.11. The highest BCUT2D eigenvalue weighted by atomic mass is 16.5. The lowest BCUT2D eigenvalue weighted by molar-refractivity contribution is -0.125. The first-order chi connectivity index (χ1) is 9.17. The van der Waals surface area contributed by atoms with Gasteiger partial charge in [0.15, 0.2) is 0 Å². The standard InChI is InChI=1S/C14H14N2O3/c1-19-12-8-10(9-15)6-7-11(12)16-13(17)4-2-3-5-14(16)18/h6-8H,2-5H2,1H3. The van der Waals surface area contributed by atoms with E-state index in [9.17, 15) is 9.59 Å². The molecule has 0 unspecified atom stereocenters. The van der Waals surface area contributed by atoms with Gasteiger partial charge in [0.1, 0.15) is 5.75 Å². The van der Waals surface area contributed by atoms with Gasteiger partial charge in [-0.2, -0.15) is 5.26 Å². The van der Waals surface area contributed by atoms with Crippen LogP contribution in [0.4, 0.5) is 5.69 Å². The number of benzene rings is 1. The van der Waals surface area contributed by atoms with E-state index in [1.807, 2.05) is 6.07 Å². The molecule has 2 amide bonds. The molecule has 5 heteroatoms. The van der Waals surface area contributed by atoms with Crippen molar-refractivity contribution in [1.82, 2.24) is 0 Å². The van der Waals surface area contributed by atoms with Gasteiger partial charge in [0.05, 0.1) is 24.4 Å². The molecule has 1 aromatic rings. The minimum atomic E-state index is -0.217. The molecule has 0 aromatic heterocycles. The average molecular weight is 258 g/mol. The summed E-state index contributed by atoms with van der Waals surface area (Å²) in [6.07, 6.45) is 2.16. The van der Waals surface area contributed by atoms with Crippen LogP contribution in [0.15, 0.2) is 18.2 Å². The predicted molar refractivity (Wildman–Crippen MR) is 68.7 cm³/mol. The molecule has 5 nitrogen and oxygen atoms in total. The third kappa shape index (κ3) is 2.58. The largest absolute Gasteiger partial charge is 0.495 e. The van der Waals surface area contributed by atoms with Gasteiger partial charge >= 0.3 is 0 Å². The van der Waals surface area contributed by atoms with Gasteiger partial charge < -0.3 is 4.74 Å². The van der Waals surface area contributed by atoms with Crippen LogP contribution in [0.2, 0.25) is 0 Å². The second kappa shape index (κ2) is 5.53. The molecule has 1 heterocycles. The van der Waals surface area contributed by atoms with Crippen LogP contribution in [0, 0.1) is 11.3 Å². The maximum atomic E-state index is 12.0. The highest BCUT2D eigenvalue weighted by Crippen LogP contribution is 2.31. The van der Waals surface area contributed by atoms with Gasteiger partial charge in [0.25, 0.3) is 0 Å². The van der Waals surface area contributed by atoms with Crippen molar-refractivity contribution in [3.8, 4) is 11.8 Å². The molecule has 0 saturated carbocycles. The monoisotopic (exact) mass is 258 g/mol. The topological polar surface area (TPSA) is 70.4 Å². The summed E-state index contributed by atoms with van der Waals surface area (Å²) in [4.78, 5) is 25.2. The molecule has 98 valence electrons. The second-order valence-electron chi connectivity index (χ2n) is 4.33. The van der Waals surface area contributed by atoms with Gasteiger partial charge in [-0.25, -0.2) is 4.90 Å². The fourth-order valence-corrected chi connectivity index (χ4v) is 2.12. The van der Waals surface area contributed by atoms with Crippen molar-refractivity contribution in [2.45, 2.75) is 25.7 Å². The fourth-order valence-electron chi connectivity index (χ4n) is 2.12. The Labute approximate surface area is 111 Å². The summed E-state index contributed by atoms with van der Waals surface area (Å²) >= 11 is 0. The number of hydrogen-bond acceptors (Lipinski definition) is 4. The summed E-state index contributed by atoms with van der Waals surface area (Å²) in [5.74, 6) is -0.0707. The van der Waals surface area contributed by atoms with Crippen molar-refractivity contribution >= 4 is 17.5 Å². The van der Waals surface area contributed by atoms with E-state index in [0.29, 0.717) is 29.8 Å². The molecule has 0 atom stereocenters. The molecule has 0 bridgehead atoms. The van der Waals surface area contributed by atoms with Crippen LogP contribution in [0.3, 0.4) is 0 Å². The van der Waals surface area contributed by atoms with Gasteiger partial charge in [-0.3, -0.25) is 9.59 Å². The Hall–Kier alpha value is -2.35. The van der Waals surface area contributed by atoms with E-state index >= 15 is 0 Å². The SMILES string of the molecule is COc1cc(C#N)ccc1N1C(=O)CCCCC1=O. The molecule has 1 saturated heterocycles. The molecule has 0 aliphatic carbocycles. The van der Waals surface area contributed by atoms with E-state index in [4.69, 9.17) is 10.00 Å². The van der Waals surface area contributed by atoms with Crippen molar-refractivity contribution in [3.05, 3.63) is 23.8 Å². The predicted octanol–water partition coefficient (Wildman–Crippen LogP) is 2.00. The Morgan fingerprint density at radius 2 is 1.84 bits per heavy atom. The Morgan fingerprint density at radius 3 is 2.37 bits per heavy atom. The Bertz CT molecular complexity index is 542. The lowest BCUT2D eigenvalue weighted by Crippen LogP contribution is -2.35. The van der Waals surface area contributed by atoms with E-state index in [2.05, 4.69) is 0 Å². The lowest BCUT2D eigenvalue weighted by atomic mass is 10.1. The summed E-state index contributed by atoms with van der Waals surface area (Å²) in [7, 11) is 1.45. The summed E-state index contributed by atoms with van der Waals surface area (Å²) in [5, 5.41) is 8.85. The van der Waals surface area contributed by atoms with Gasteiger partial charge in [-0.1, -0.05) is 0 Å². The molecule has 19 heavy (non-hydrogen) atoms. The van der Waals surface area contributed by atoms with Crippen LogP contribution in [-0.4, -0.2) is 18.9 Å². The normalized spacial score (nSPS) is 15.9. The van der Waals surface area contributed by atoms with E-state index < -0.39 is 0 Å². The maximum absolute atomic E-state index is 12.0. The van der Waals surface area contributed by atoms with E-state index in [1.165, 1.54) is 18.1 Å². The van der Waals surface area contributed by atoms with Crippen LogP contribution >= 0.6 is 0 Å². The zero-order valence-electron chi connectivity index (χ0n) is 10.7. The number of nitriles is 1. The molecule has 1 aromatic carbocycles. The Balaban J connectivity index is 2.47. The first kappa shape index (κ1) is 13.1. The van der Waals surface area contributed by atoms with Gasteiger partial charge in [0, 0.05) is 18.9 Å². The number of ether oxygens (including phenoxy) is 1. The van der Waals surface area contributed by atoms with Crippen molar-refractivity contribution < 1.29 is 14.3 Å². The van der Waals surface area contributed by atoms with Crippen LogP contribution < -0.4 is 9.64 Å². The number of imide groups is 1. The quantitative estimate of drug-likeness (QED) is 0.761. The molecule has 1 fully saturated rings. The molecule has 1 aliphatic heterocycles. The molecule has 0 N–H and O–H groups in total. The van der Waals surface area contributed by atoms with Crippen LogP contribution in [0.1, 0.15) is 31.2 Å². The number of hydrogen-bond donors (Lipinski definition) is 0. The number of carbonyl (C=O) groups excluding carboxylic acids is 2. The van der Waals surface area contributed by atoms with Crippen LogP contribution in [0.25, 0.3) is 0 Å². The second-order valence-corrected chi connectivity index (χ2v) is 4.33. The molecule has 0 radical (unpaired) electrons. The number of anilines is 1. The number of nitrogens with zero attached hydrogens (tertiary/aromatic N) is 2. The Morgan fingerprint density at radius 1 is 1.21 bits per heavy atom. The van der Waals surface area contributed by atoms with Crippen molar-refractivity contribution in [1.29, 1.82) is 5.26 Å². The summed E-state index contributed by atoms with van der Waals surface area (Å²) in [6.45, 7) is 0. The third-order valence-electron chi connectivity index (χ3n) is 3.08. The van der Waals surface area contributed by atoms with E-state index in [0.717, 1.165) is 12.8 Å².